The molecule has 112 valence electrons. The quantitative estimate of drug-likeness (QED) is 0.743. The van der Waals surface area contributed by atoms with Gasteiger partial charge in [0.05, 0.1) is 25.2 Å². The van der Waals surface area contributed by atoms with Gasteiger partial charge in [0.1, 0.15) is 12.3 Å². The lowest BCUT2D eigenvalue weighted by Gasteiger charge is -2.22. The maximum Gasteiger partial charge on any atom is 0.327 e. The van der Waals surface area contributed by atoms with Gasteiger partial charge in [0, 0.05) is 6.07 Å². The van der Waals surface area contributed by atoms with Crippen molar-refractivity contribution in [3.63, 3.8) is 0 Å². The maximum atomic E-state index is 11.8. The third-order valence-corrected chi connectivity index (χ3v) is 3.52. The van der Waals surface area contributed by atoms with Gasteiger partial charge in [0.15, 0.2) is 0 Å². The molecule has 0 heterocycles. The van der Waals surface area contributed by atoms with Gasteiger partial charge in [-0.05, 0) is 26.0 Å². The average Bonchev–Trinajstić information content (AvgIpc) is 2.34. The fourth-order valence-corrected chi connectivity index (χ4v) is 2.42. The van der Waals surface area contributed by atoms with Crippen LogP contribution in [0, 0.1) is 0 Å². The predicted octanol–water partition coefficient (Wildman–Crippen LogP) is 1.41. The molecule has 0 aliphatic heterocycles. The van der Waals surface area contributed by atoms with Crippen molar-refractivity contribution in [3.8, 4) is 5.75 Å². The van der Waals surface area contributed by atoms with Gasteiger partial charge in [-0.25, -0.2) is 8.42 Å². The van der Waals surface area contributed by atoms with Crippen LogP contribution in [-0.4, -0.2) is 40.4 Å². The SMILES string of the molecule is COc1cccc(N(CC(=O)OC(C)C)S(C)(=O)=O)c1. The van der Waals surface area contributed by atoms with E-state index in [1.165, 1.54) is 7.11 Å². The summed E-state index contributed by atoms with van der Waals surface area (Å²) in [6.45, 7) is 3.03. The third-order valence-electron chi connectivity index (χ3n) is 2.38. The molecule has 0 bridgehead atoms. The van der Waals surface area contributed by atoms with Crippen molar-refractivity contribution in [2.45, 2.75) is 20.0 Å². The molecule has 1 aromatic carbocycles. The highest BCUT2D eigenvalue weighted by Crippen LogP contribution is 2.23. The van der Waals surface area contributed by atoms with Crippen molar-refractivity contribution in [1.82, 2.24) is 0 Å². The number of sulfonamides is 1. The van der Waals surface area contributed by atoms with Gasteiger partial charge >= 0.3 is 5.97 Å². The molecule has 0 radical (unpaired) electrons. The summed E-state index contributed by atoms with van der Waals surface area (Å²) in [5.41, 5.74) is 0.354. The first-order valence-electron chi connectivity index (χ1n) is 6.05. The molecule has 0 aliphatic carbocycles. The fourth-order valence-electron chi connectivity index (χ4n) is 1.58. The van der Waals surface area contributed by atoms with Crippen LogP contribution in [0.1, 0.15) is 13.8 Å². The second kappa shape index (κ2) is 6.60. The van der Waals surface area contributed by atoms with Crippen LogP contribution in [0.3, 0.4) is 0 Å². The van der Waals surface area contributed by atoms with E-state index in [0.29, 0.717) is 11.4 Å². The molecule has 0 amide bonds. The molecule has 20 heavy (non-hydrogen) atoms. The first-order valence-corrected chi connectivity index (χ1v) is 7.90. The van der Waals surface area contributed by atoms with Crippen molar-refractivity contribution < 1.29 is 22.7 Å². The van der Waals surface area contributed by atoms with Crippen LogP contribution >= 0.6 is 0 Å². The van der Waals surface area contributed by atoms with Crippen molar-refractivity contribution in [3.05, 3.63) is 24.3 Å². The van der Waals surface area contributed by atoms with E-state index in [1.807, 2.05) is 0 Å². The molecule has 0 atom stereocenters. The van der Waals surface area contributed by atoms with Crippen LogP contribution in [0.5, 0.6) is 5.75 Å². The summed E-state index contributed by atoms with van der Waals surface area (Å²) in [5.74, 6) is -0.0957. The smallest absolute Gasteiger partial charge is 0.327 e. The number of benzene rings is 1. The Bertz CT molecular complexity index is 568. The van der Waals surface area contributed by atoms with Crippen molar-refractivity contribution in [1.29, 1.82) is 0 Å². The van der Waals surface area contributed by atoms with E-state index in [2.05, 4.69) is 0 Å². The number of hydrogen-bond donors (Lipinski definition) is 0. The zero-order valence-electron chi connectivity index (χ0n) is 12.0. The molecule has 6 nitrogen and oxygen atoms in total. The van der Waals surface area contributed by atoms with Crippen LogP contribution in [0.25, 0.3) is 0 Å². The Kier molecular flexibility index (Phi) is 5.38. The number of methoxy groups -OCH3 is 1. The summed E-state index contributed by atoms with van der Waals surface area (Å²) in [6, 6.07) is 6.48. The summed E-state index contributed by atoms with van der Waals surface area (Å²) < 4.78 is 34.7. The summed E-state index contributed by atoms with van der Waals surface area (Å²) in [5, 5.41) is 0. The summed E-state index contributed by atoms with van der Waals surface area (Å²) in [6.07, 6.45) is 0.740. The van der Waals surface area contributed by atoms with E-state index in [9.17, 15) is 13.2 Å². The molecular formula is C13H19NO5S. The molecule has 0 unspecified atom stereocenters. The number of carbonyl (C=O) groups is 1. The standard InChI is InChI=1S/C13H19NO5S/c1-10(2)19-13(15)9-14(20(4,16)17)11-6-5-7-12(8-11)18-3/h5-8,10H,9H2,1-4H3. The molecule has 0 saturated heterocycles. The highest BCUT2D eigenvalue weighted by Gasteiger charge is 2.22. The number of anilines is 1. The number of nitrogens with zero attached hydrogens (tertiary/aromatic N) is 1. The highest BCUT2D eigenvalue weighted by molar-refractivity contribution is 7.92. The normalized spacial score (nSPS) is 11.2. The molecular weight excluding hydrogens is 282 g/mol. The minimum atomic E-state index is -3.60. The number of hydrogen-bond acceptors (Lipinski definition) is 5. The molecule has 0 aromatic heterocycles. The third kappa shape index (κ3) is 4.73. The maximum absolute atomic E-state index is 11.8. The number of rotatable bonds is 6. The van der Waals surface area contributed by atoms with Gasteiger partial charge in [-0.1, -0.05) is 6.07 Å². The van der Waals surface area contributed by atoms with Crippen molar-refractivity contribution >= 4 is 21.7 Å². The highest BCUT2D eigenvalue weighted by atomic mass is 32.2. The molecule has 0 aliphatic rings. The zero-order valence-corrected chi connectivity index (χ0v) is 12.8. The summed E-state index contributed by atoms with van der Waals surface area (Å²) in [7, 11) is -2.11. The van der Waals surface area contributed by atoms with Crippen LogP contribution in [0.4, 0.5) is 5.69 Å². The van der Waals surface area contributed by atoms with E-state index in [4.69, 9.17) is 9.47 Å². The molecule has 0 spiro atoms. The van der Waals surface area contributed by atoms with Crippen LogP contribution in [0.15, 0.2) is 24.3 Å². The van der Waals surface area contributed by atoms with Gasteiger partial charge in [0.25, 0.3) is 0 Å². The topological polar surface area (TPSA) is 72.9 Å². The molecule has 0 fully saturated rings. The molecule has 0 saturated carbocycles. The fraction of sp³-hybridized carbons (Fsp3) is 0.462. The zero-order chi connectivity index (χ0) is 15.3. The monoisotopic (exact) mass is 301 g/mol. The van der Waals surface area contributed by atoms with Gasteiger partial charge in [-0.15, -0.1) is 0 Å². The minimum Gasteiger partial charge on any atom is -0.497 e. The minimum absolute atomic E-state index is 0.297. The Morgan fingerprint density at radius 3 is 2.50 bits per heavy atom. The van der Waals surface area contributed by atoms with Crippen LogP contribution in [0.2, 0.25) is 0 Å². The van der Waals surface area contributed by atoms with Crippen molar-refractivity contribution in [2.75, 3.05) is 24.2 Å². The Hall–Kier alpha value is -1.76. The van der Waals surface area contributed by atoms with Gasteiger partial charge in [-0.3, -0.25) is 9.10 Å². The lowest BCUT2D eigenvalue weighted by molar-refractivity contribution is -0.145. The predicted molar refractivity (Wildman–Crippen MR) is 76.4 cm³/mol. The second-order valence-corrected chi connectivity index (χ2v) is 6.42. The Labute approximate surface area is 119 Å². The van der Waals surface area contributed by atoms with E-state index >= 15 is 0 Å². The molecule has 1 rings (SSSR count). The van der Waals surface area contributed by atoms with E-state index in [-0.39, 0.29) is 12.6 Å². The van der Waals surface area contributed by atoms with Crippen molar-refractivity contribution in [2.24, 2.45) is 0 Å². The van der Waals surface area contributed by atoms with Gasteiger partial charge < -0.3 is 9.47 Å². The lowest BCUT2D eigenvalue weighted by atomic mass is 10.3. The van der Waals surface area contributed by atoms with Gasteiger partial charge in [0.2, 0.25) is 10.0 Å². The first-order chi connectivity index (χ1) is 9.24. The summed E-state index contributed by atoms with van der Waals surface area (Å²) in [4.78, 5) is 11.7. The lowest BCUT2D eigenvalue weighted by Crippen LogP contribution is -2.36. The van der Waals surface area contributed by atoms with E-state index in [1.54, 1.807) is 38.1 Å². The average molecular weight is 301 g/mol. The Morgan fingerprint density at radius 2 is 2.00 bits per heavy atom. The molecule has 1 aromatic rings. The van der Waals surface area contributed by atoms with E-state index in [0.717, 1.165) is 10.6 Å². The number of ether oxygens (including phenoxy) is 2. The summed E-state index contributed by atoms with van der Waals surface area (Å²) >= 11 is 0. The number of carbonyl (C=O) groups excluding carboxylic acids is 1. The largest absolute Gasteiger partial charge is 0.497 e. The van der Waals surface area contributed by atoms with Gasteiger partial charge in [-0.2, -0.15) is 0 Å². The second-order valence-electron chi connectivity index (χ2n) is 4.51. The Morgan fingerprint density at radius 1 is 1.35 bits per heavy atom. The molecule has 0 N–H and O–H groups in total. The first kappa shape index (κ1) is 16.3. The van der Waals surface area contributed by atoms with E-state index < -0.39 is 16.0 Å². The van der Waals surface area contributed by atoms with Crippen LogP contribution < -0.4 is 9.04 Å². The molecule has 7 heteroatoms. The van der Waals surface area contributed by atoms with Crippen LogP contribution in [-0.2, 0) is 19.6 Å². The number of esters is 1. The Balaban J connectivity index is 3.04.